The first-order chi connectivity index (χ1) is 8.50. The highest BCUT2D eigenvalue weighted by Gasteiger charge is 2.19. The van der Waals surface area contributed by atoms with Gasteiger partial charge in [-0.15, -0.1) is 0 Å². The van der Waals surface area contributed by atoms with E-state index >= 15 is 0 Å². The van der Waals surface area contributed by atoms with Crippen molar-refractivity contribution < 1.29 is 5.11 Å². The number of hydrogen-bond donors (Lipinski definition) is 1. The summed E-state index contributed by atoms with van der Waals surface area (Å²) in [5, 5.41) is 9.16. The Bertz CT molecular complexity index is 369. The summed E-state index contributed by atoms with van der Waals surface area (Å²) in [7, 11) is 0. The molecule has 1 fully saturated rings. The van der Waals surface area contributed by atoms with Gasteiger partial charge in [-0.25, -0.2) is 0 Å². The molecule has 1 aliphatic rings. The third-order valence-electron chi connectivity index (χ3n) is 3.97. The molecule has 0 amide bonds. The highest BCUT2D eigenvalue weighted by molar-refractivity contribution is 5.48. The Kier molecular flexibility index (Phi) is 3.96. The Morgan fingerprint density at radius 2 is 1.67 bits per heavy atom. The maximum absolute atomic E-state index is 9.16. The van der Waals surface area contributed by atoms with Crippen LogP contribution in [0.5, 0.6) is 0 Å². The average molecular weight is 247 g/mol. The van der Waals surface area contributed by atoms with Crippen LogP contribution in [0.1, 0.15) is 39.2 Å². The molecule has 2 heteroatoms. The van der Waals surface area contributed by atoms with Gasteiger partial charge in [0.05, 0.1) is 0 Å². The number of rotatable bonds is 2. The molecule has 0 bridgehead atoms. The van der Waals surface area contributed by atoms with E-state index < -0.39 is 0 Å². The van der Waals surface area contributed by atoms with Gasteiger partial charge in [0, 0.05) is 25.4 Å². The number of aliphatic hydroxyl groups is 1. The predicted molar refractivity (Wildman–Crippen MR) is 77.2 cm³/mol. The SMILES string of the molecule is CC(C)(C)c1ccc(N2CCC(CO)CC2)cc1. The van der Waals surface area contributed by atoms with E-state index in [0.29, 0.717) is 12.5 Å². The van der Waals surface area contributed by atoms with E-state index in [9.17, 15) is 0 Å². The Balaban J connectivity index is 2.02. The van der Waals surface area contributed by atoms with E-state index in [1.807, 2.05) is 0 Å². The van der Waals surface area contributed by atoms with Crippen LogP contribution in [0.25, 0.3) is 0 Å². The highest BCUT2D eigenvalue weighted by Crippen LogP contribution is 2.27. The molecule has 18 heavy (non-hydrogen) atoms. The fourth-order valence-electron chi connectivity index (χ4n) is 2.55. The lowest BCUT2D eigenvalue weighted by molar-refractivity contribution is 0.203. The van der Waals surface area contributed by atoms with Crippen molar-refractivity contribution in [1.82, 2.24) is 0 Å². The summed E-state index contributed by atoms with van der Waals surface area (Å²) >= 11 is 0. The number of aliphatic hydroxyl groups excluding tert-OH is 1. The van der Waals surface area contributed by atoms with E-state index in [-0.39, 0.29) is 5.41 Å². The fraction of sp³-hybridized carbons (Fsp3) is 0.625. The Morgan fingerprint density at radius 3 is 2.11 bits per heavy atom. The molecular formula is C16H25NO. The van der Waals surface area contributed by atoms with E-state index in [0.717, 1.165) is 25.9 Å². The van der Waals surface area contributed by atoms with Gasteiger partial charge in [0.25, 0.3) is 0 Å². The van der Waals surface area contributed by atoms with E-state index in [1.165, 1.54) is 11.3 Å². The molecule has 2 nitrogen and oxygen atoms in total. The quantitative estimate of drug-likeness (QED) is 0.867. The zero-order valence-electron chi connectivity index (χ0n) is 11.8. The zero-order valence-corrected chi connectivity index (χ0v) is 11.8. The lowest BCUT2D eigenvalue weighted by atomic mass is 9.87. The second-order valence-corrected chi connectivity index (χ2v) is 6.41. The minimum absolute atomic E-state index is 0.225. The third-order valence-corrected chi connectivity index (χ3v) is 3.97. The molecule has 0 spiro atoms. The van der Waals surface area contributed by atoms with Crippen LogP contribution in [0.3, 0.4) is 0 Å². The van der Waals surface area contributed by atoms with Crippen molar-refractivity contribution in [3.8, 4) is 0 Å². The van der Waals surface area contributed by atoms with Crippen molar-refractivity contribution in [2.75, 3.05) is 24.6 Å². The van der Waals surface area contributed by atoms with Crippen molar-refractivity contribution in [2.24, 2.45) is 5.92 Å². The molecule has 0 atom stereocenters. The van der Waals surface area contributed by atoms with Gasteiger partial charge in [0.2, 0.25) is 0 Å². The number of nitrogens with zero attached hydrogens (tertiary/aromatic N) is 1. The Labute approximate surface area is 111 Å². The normalized spacial score (nSPS) is 18.1. The van der Waals surface area contributed by atoms with Crippen LogP contribution in [0.15, 0.2) is 24.3 Å². The summed E-state index contributed by atoms with van der Waals surface area (Å²) in [4.78, 5) is 2.43. The summed E-state index contributed by atoms with van der Waals surface area (Å²) in [6.07, 6.45) is 2.22. The van der Waals surface area contributed by atoms with Crippen molar-refractivity contribution in [1.29, 1.82) is 0 Å². The standard InChI is InChI=1S/C16H25NO/c1-16(2,3)14-4-6-15(7-5-14)17-10-8-13(12-18)9-11-17/h4-7,13,18H,8-12H2,1-3H3. The molecule has 1 aromatic rings. The van der Waals surface area contributed by atoms with Gasteiger partial charge in [-0.3, -0.25) is 0 Å². The second kappa shape index (κ2) is 5.31. The van der Waals surface area contributed by atoms with Crippen LogP contribution in [0, 0.1) is 5.92 Å². The van der Waals surface area contributed by atoms with Crippen LogP contribution in [-0.2, 0) is 5.41 Å². The minimum Gasteiger partial charge on any atom is -0.396 e. The highest BCUT2D eigenvalue weighted by atomic mass is 16.3. The van der Waals surface area contributed by atoms with Gasteiger partial charge in [0.15, 0.2) is 0 Å². The van der Waals surface area contributed by atoms with Crippen LogP contribution in [0.2, 0.25) is 0 Å². The molecule has 1 aromatic carbocycles. The number of piperidine rings is 1. The molecule has 100 valence electrons. The molecule has 1 saturated heterocycles. The second-order valence-electron chi connectivity index (χ2n) is 6.41. The summed E-state index contributed by atoms with van der Waals surface area (Å²) in [6.45, 7) is 9.22. The lowest BCUT2D eigenvalue weighted by Crippen LogP contribution is -2.34. The molecule has 1 aliphatic heterocycles. The Hall–Kier alpha value is -1.02. The maximum Gasteiger partial charge on any atom is 0.0460 e. The number of hydrogen-bond acceptors (Lipinski definition) is 2. The third kappa shape index (κ3) is 3.05. The number of benzene rings is 1. The first kappa shape index (κ1) is 13.4. The van der Waals surface area contributed by atoms with E-state index in [1.54, 1.807) is 0 Å². The first-order valence-corrected chi connectivity index (χ1v) is 6.97. The molecule has 0 radical (unpaired) electrons. The van der Waals surface area contributed by atoms with Gasteiger partial charge in [-0.2, -0.15) is 0 Å². The molecule has 0 saturated carbocycles. The van der Waals surface area contributed by atoms with Crippen molar-refractivity contribution in [3.05, 3.63) is 29.8 Å². The van der Waals surface area contributed by atoms with E-state index in [2.05, 4.69) is 49.9 Å². The van der Waals surface area contributed by atoms with Crippen molar-refractivity contribution >= 4 is 5.69 Å². The van der Waals surface area contributed by atoms with Gasteiger partial charge in [0.1, 0.15) is 0 Å². The molecule has 2 rings (SSSR count). The predicted octanol–water partition coefficient (Wildman–Crippen LogP) is 3.19. The fourth-order valence-corrected chi connectivity index (χ4v) is 2.55. The average Bonchev–Trinajstić information content (AvgIpc) is 2.38. The van der Waals surface area contributed by atoms with Crippen LogP contribution < -0.4 is 4.90 Å². The smallest absolute Gasteiger partial charge is 0.0460 e. The lowest BCUT2D eigenvalue weighted by Gasteiger charge is -2.33. The largest absolute Gasteiger partial charge is 0.396 e. The zero-order chi connectivity index (χ0) is 13.2. The summed E-state index contributed by atoms with van der Waals surface area (Å²) in [6, 6.07) is 8.96. The molecule has 0 unspecified atom stereocenters. The number of anilines is 1. The summed E-state index contributed by atoms with van der Waals surface area (Å²) in [5.74, 6) is 0.509. The van der Waals surface area contributed by atoms with Gasteiger partial charge in [-0.05, 0) is 41.9 Å². The van der Waals surface area contributed by atoms with Gasteiger partial charge < -0.3 is 10.0 Å². The molecule has 0 aromatic heterocycles. The van der Waals surface area contributed by atoms with Crippen LogP contribution in [0.4, 0.5) is 5.69 Å². The molecule has 1 heterocycles. The molecule has 1 N–H and O–H groups in total. The summed E-state index contributed by atoms with van der Waals surface area (Å²) in [5.41, 5.74) is 2.93. The summed E-state index contributed by atoms with van der Waals surface area (Å²) < 4.78 is 0. The van der Waals surface area contributed by atoms with Crippen molar-refractivity contribution in [3.63, 3.8) is 0 Å². The first-order valence-electron chi connectivity index (χ1n) is 6.97. The monoisotopic (exact) mass is 247 g/mol. The van der Waals surface area contributed by atoms with Gasteiger partial charge in [-0.1, -0.05) is 32.9 Å². The van der Waals surface area contributed by atoms with Crippen LogP contribution >= 0.6 is 0 Å². The molecule has 0 aliphatic carbocycles. The van der Waals surface area contributed by atoms with Crippen LogP contribution in [-0.4, -0.2) is 24.8 Å². The Morgan fingerprint density at radius 1 is 1.11 bits per heavy atom. The maximum atomic E-state index is 9.16. The minimum atomic E-state index is 0.225. The van der Waals surface area contributed by atoms with E-state index in [4.69, 9.17) is 5.11 Å². The van der Waals surface area contributed by atoms with Crippen molar-refractivity contribution in [2.45, 2.75) is 39.0 Å². The van der Waals surface area contributed by atoms with Gasteiger partial charge >= 0.3 is 0 Å². The molecular weight excluding hydrogens is 222 g/mol. The topological polar surface area (TPSA) is 23.5 Å².